The molecule has 1 unspecified atom stereocenters. The zero-order chi connectivity index (χ0) is 15.3. The smallest absolute Gasteiger partial charge is 0.330 e. The molecule has 0 spiro atoms. The third-order valence-corrected chi connectivity index (χ3v) is 4.22. The maximum Gasteiger partial charge on any atom is 0.330 e. The highest BCUT2D eigenvalue weighted by Gasteiger charge is 2.38. The highest BCUT2D eigenvalue weighted by molar-refractivity contribution is 5.82. The van der Waals surface area contributed by atoms with Crippen molar-refractivity contribution in [1.29, 1.82) is 0 Å². The molecule has 1 aromatic rings. The van der Waals surface area contributed by atoms with E-state index in [9.17, 15) is 9.18 Å². The van der Waals surface area contributed by atoms with Crippen molar-refractivity contribution in [3.8, 4) is 0 Å². The molecule has 1 heterocycles. The SMILES string of the molecule is COC(=O)C(C)(NC1CCCCCC1)c1cncc(F)c1. The van der Waals surface area contributed by atoms with Gasteiger partial charge in [0.2, 0.25) is 0 Å². The highest BCUT2D eigenvalue weighted by atomic mass is 19.1. The first-order chi connectivity index (χ1) is 10.1. The van der Waals surface area contributed by atoms with Gasteiger partial charge in [0.15, 0.2) is 0 Å². The minimum absolute atomic E-state index is 0.236. The number of hydrogen-bond donors (Lipinski definition) is 1. The summed E-state index contributed by atoms with van der Waals surface area (Å²) < 4.78 is 18.4. The molecular formula is C16H23FN2O2. The third kappa shape index (κ3) is 3.79. The van der Waals surface area contributed by atoms with Crippen LogP contribution in [-0.4, -0.2) is 24.1 Å². The zero-order valence-electron chi connectivity index (χ0n) is 12.7. The van der Waals surface area contributed by atoms with Crippen LogP contribution in [0.5, 0.6) is 0 Å². The van der Waals surface area contributed by atoms with Gasteiger partial charge in [-0.2, -0.15) is 0 Å². The van der Waals surface area contributed by atoms with Gasteiger partial charge in [-0.05, 0) is 25.8 Å². The van der Waals surface area contributed by atoms with Crippen molar-refractivity contribution in [2.45, 2.75) is 57.0 Å². The van der Waals surface area contributed by atoms with Crippen LogP contribution >= 0.6 is 0 Å². The summed E-state index contributed by atoms with van der Waals surface area (Å²) in [5, 5.41) is 3.39. The Kier molecular flexibility index (Phi) is 5.28. The quantitative estimate of drug-likeness (QED) is 0.685. The fourth-order valence-electron chi connectivity index (χ4n) is 2.98. The van der Waals surface area contributed by atoms with E-state index < -0.39 is 17.3 Å². The molecule has 1 aromatic heterocycles. The molecule has 0 aliphatic heterocycles. The molecule has 1 aliphatic rings. The minimum Gasteiger partial charge on any atom is -0.467 e. The van der Waals surface area contributed by atoms with Crippen LogP contribution in [0.3, 0.4) is 0 Å². The summed E-state index contributed by atoms with van der Waals surface area (Å²) >= 11 is 0. The van der Waals surface area contributed by atoms with Crippen molar-refractivity contribution in [1.82, 2.24) is 10.3 Å². The number of nitrogens with zero attached hydrogens (tertiary/aromatic N) is 1. The third-order valence-electron chi connectivity index (χ3n) is 4.22. The van der Waals surface area contributed by atoms with E-state index in [0.29, 0.717) is 5.56 Å². The molecule has 0 aromatic carbocycles. The maximum atomic E-state index is 13.5. The number of methoxy groups -OCH3 is 1. The molecule has 1 fully saturated rings. The lowest BCUT2D eigenvalue weighted by Gasteiger charge is -2.32. The molecule has 0 saturated heterocycles. The van der Waals surface area contributed by atoms with Gasteiger partial charge in [-0.3, -0.25) is 10.3 Å². The number of nitrogens with one attached hydrogen (secondary N) is 1. The van der Waals surface area contributed by atoms with Crippen LogP contribution in [0.2, 0.25) is 0 Å². The largest absolute Gasteiger partial charge is 0.467 e. The average Bonchev–Trinajstić information content (AvgIpc) is 2.74. The molecular weight excluding hydrogens is 271 g/mol. The van der Waals surface area contributed by atoms with Crippen LogP contribution in [0.4, 0.5) is 4.39 Å². The molecule has 4 nitrogen and oxygen atoms in total. The van der Waals surface area contributed by atoms with E-state index in [1.54, 1.807) is 6.92 Å². The summed E-state index contributed by atoms with van der Waals surface area (Å²) in [4.78, 5) is 16.1. The Bertz CT molecular complexity index is 487. The highest BCUT2D eigenvalue weighted by Crippen LogP contribution is 2.26. The van der Waals surface area contributed by atoms with Gasteiger partial charge in [-0.1, -0.05) is 25.7 Å². The summed E-state index contributed by atoms with van der Waals surface area (Å²) in [5.41, 5.74) is -0.572. The Balaban J connectivity index is 2.26. The summed E-state index contributed by atoms with van der Waals surface area (Å²) in [5.74, 6) is -0.871. The van der Waals surface area contributed by atoms with E-state index in [1.165, 1.54) is 32.2 Å². The lowest BCUT2D eigenvalue weighted by atomic mass is 9.91. The van der Waals surface area contributed by atoms with Gasteiger partial charge in [-0.25, -0.2) is 9.18 Å². The van der Waals surface area contributed by atoms with Crippen molar-refractivity contribution in [2.24, 2.45) is 0 Å². The van der Waals surface area contributed by atoms with Gasteiger partial charge in [0.25, 0.3) is 0 Å². The summed E-state index contributed by atoms with van der Waals surface area (Å²) in [6.45, 7) is 1.74. The Hall–Kier alpha value is -1.49. The standard InChI is InChI=1S/C16H23FN2O2/c1-16(15(20)21-2,12-9-13(17)11-18-10-12)19-14-7-5-3-4-6-8-14/h9-11,14,19H,3-8H2,1-2H3. The molecule has 0 amide bonds. The van der Waals surface area contributed by atoms with Crippen molar-refractivity contribution < 1.29 is 13.9 Å². The topological polar surface area (TPSA) is 51.2 Å². The second-order valence-corrected chi connectivity index (χ2v) is 5.84. The molecule has 1 atom stereocenters. The maximum absolute atomic E-state index is 13.5. The van der Waals surface area contributed by atoms with Gasteiger partial charge >= 0.3 is 5.97 Å². The number of rotatable bonds is 4. The Morgan fingerprint density at radius 1 is 1.33 bits per heavy atom. The first-order valence-corrected chi connectivity index (χ1v) is 7.53. The predicted octanol–water partition coefficient (Wildman–Crippen LogP) is 2.92. The van der Waals surface area contributed by atoms with Crippen LogP contribution < -0.4 is 5.32 Å². The first kappa shape index (κ1) is 15.9. The van der Waals surface area contributed by atoms with Crippen LogP contribution in [-0.2, 0) is 15.1 Å². The van der Waals surface area contributed by atoms with Gasteiger partial charge in [-0.15, -0.1) is 0 Å². The van der Waals surface area contributed by atoms with Crippen molar-refractivity contribution in [2.75, 3.05) is 7.11 Å². The predicted molar refractivity (Wildman–Crippen MR) is 78.2 cm³/mol. The van der Waals surface area contributed by atoms with Gasteiger partial charge in [0.05, 0.1) is 13.3 Å². The van der Waals surface area contributed by atoms with Crippen molar-refractivity contribution >= 4 is 5.97 Å². The lowest BCUT2D eigenvalue weighted by Crippen LogP contribution is -2.52. The van der Waals surface area contributed by atoms with Gasteiger partial charge < -0.3 is 4.74 Å². The number of ether oxygens (including phenoxy) is 1. The summed E-state index contributed by atoms with van der Waals surface area (Å²) in [6.07, 6.45) is 9.46. The normalized spacial score (nSPS) is 19.6. The molecule has 1 saturated carbocycles. The van der Waals surface area contributed by atoms with E-state index in [-0.39, 0.29) is 6.04 Å². The molecule has 1 aliphatic carbocycles. The Labute approximate surface area is 125 Å². The number of esters is 1. The van der Waals surface area contributed by atoms with Gasteiger partial charge in [0, 0.05) is 17.8 Å². The molecule has 1 N–H and O–H groups in total. The lowest BCUT2D eigenvalue weighted by molar-refractivity contribution is -0.148. The minimum atomic E-state index is -1.07. The Morgan fingerprint density at radius 3 is 2.57 bits per heavy atom. The van der Waals surface area contributed by atoms with Crippen LogP contribution in [0, 0.1) is 5.82 Å². The summed E-state index contributed by atoms with van der Waals surface area (Å²) in [7, 11) is 1.35. The number of carbonyl (C=O) groups excluding carboxylic acids is 1. The Morgan fingerprint density at radius 2 is 2.00 bits per heavy atom. The molecule has 2 rings (SSSR count). The second-order valence-electron chi connectivity index (χ2n) is 5.84. The molecule has 0 bridgehead atoms. The van der Waals surface area contributed by atoms with Crippen LogP contribution in [0.15, 0.2) is 18.5 Å². The van der Waals surface area contributed by atoms with E-state index in [4.69, 9.17) is 4.74 Å². The number of hydrogen-bond acceptors (Lipinski definition) is 4. The fourth-order valence-corrected chi connectivity index (χ4v) is 2.98. The first-order valence-electron chi connectivity index (χ1n) is 7.53. The van der Waals surface area contributed by atoms with Crippen LogP contribution in [0.1, 0.15) is 51.0 Å². The molecule has 0 radical (unpaired) electrons. The van der Waals surface area contributed by atoms with E-state index in [0.717, 1.165) is 31.9 Å². The number of carbonyl (C=O) groups is 1. The number of pyridine rings is 1. The average molecular weight is 294 g/mol. The van der Waals surface area contributed by atoms with Gasteiger partial charge in [0.1, 0.15) is 11.4 Å². The van der Waals surface area contributed by atoms with Crippen LogP contribution in [0.25, 0.3) is 0 Å². The van der Waals surface area contributed by atoms with E-state index in [1.807, 2.05) is 0 Å². The number of aromatic nitrogens is 1. The molecule has 116 valence electrons. The zero-order valence-corrected chi connectivity index (χ0v) is 12.7. The molecule has 21 heavy (non-hydrogen) atoms. The van der Waals surface area contributed by atoms with Crippen molar-refractivity contribution in [3.63, 3.8) is 0 Å². The van der Waals surface area contributed by atoms with Crippen molar-refractivity contribution in [3.05, 3.63) is 29.8 Å². The molecule has 5 heteroatoms. The van der Waals surface area contributed by atoms with E-state index >= 15 is 0 Å². The second kappa shape index (κ2) is 6.98. The number of halogens is 1. The fraction of sp³-hybridized carbons (Fsp3) is 0.625. The summed E-state index contributed by atoms with van der Waals surface area (Å²) in [6, 6.07) is 1.58. The van der Waals surface area contributed by atoms with E-state index in [2.05, 4.69) is 10.3 Å². The monoisotopic (exact) mass is 294 g/mol.